The number of rotatable bonds is 6. The van der Waals surface area contributed by atoms with Gasteiger partial charge in [0.15, 0.2) is 0 Å². The minimum Gasteiger partial charge on any atom is -0.147 e. The quantitative estimate of drug-likeness (QED) is 0.284. The third-order valence-corrected chi connectivity index (χ3v) is 27.5. The second-order valence-electron chi connectivity index (χ2n) is 13.4. The van der Waals surface area contributed by atoms with E-state index in [2.05, 4.69) is 105 Å². The number of benzene rings is 2. The summed E-state index contributed by atoms with van der Waals surface area (Å²) in [6, 6.07) is 14.0. The molecule has 214 valence electrons. The van der Waals surface area contributed by atoms with Gasteiger partial charge in [-0.3, -0.25) is 0 Å². The van der Waals surface area contributed by atoms with E-state index in [1.807, 2.05) is 12.5 Å². The summed E-state index contributed by atoms with van der Waals surface area (Å²) in [4.78, 5) is 0. The Kier molecular flexibility index (Phi) is 8.49. The van der Waals surface area contributed by atoms with Gasteiger partial charge in [0.2, 0.25) is 0 Å². The van der Waals surface area contributed by atoms with Crippen LogP contribution in [0, 0.1) is 0 Å². The molecule has 2 aromatic rings. The molecule has 2 aliphatic heterocycles. The van der Waals surface area contributed by atoms with Crippen molar-refractivity contribution >= 4 is 43.8 Å². The van der Waals surface area contributed by atoms with Crippen molar-refractivity contribution in [2.24, 2.45) is 0 Å². The molecule has 2 aromatic carbocycles. The third kappa shape index (κ3) is 4.61. The Morgan fingerprint density at radius 1 is 0.750 bits per heavy atom. The smallest absolute Gasteiger partial charge is 0.147 e. The standard InChI is InChI=1S/2C16H17O.2CH3.2ClH.H2Si.Zr/c2*1-3-12-10-13-6-4-7-15(14(13)11-12)16(2)8-5-9-17-16;;;;;;/h2*4-7,9-11H,3,8H2,1-2H3;2*1H3;2*1H;1H2;. The second kappa shape index (κ2) is 10.7. The molecule has 0 amide bonds. The van der Waals surface area contributed by atoms with Crippen molar-refractivity contribution in [3.05, 3.63) is 106 Å². The Labute approximate surface area is 255 Å². The van der Waals surface area contributed by atoms with Crippen LogP contribution in [0.4, 0.5) is 0 Å². The first-order valence-corrected chi connectivity index (χ1v) is 28.1. The van der Waals surface area contributed by atoms with Crippen molar-refractivity contribution < 1.29 is 26.9 Å². The summed E-state index contributed by atoms with van der Waals surface area (Å²) in [5.74, 6) is 0. The Morgan fingerprint density at radius 3 is 1.48 bits per heavy atom. The van der Waals surface area contributed by atoms with Crippen molar-refractivity contribution in [3.8, 4) is 0 Å². The van der Waals surface area contributed by atoms with E-state index in [0.717, 1.165) is 25.7 Å². The minimum atomic E-state index is -3.60. The van der Waals surface area contributed by atoms with Crippen LogP contribution < -0.4 is 0 Å². The summed E-state index contributed by atoms with van der Waals surface area (Å²) in [7, 11) is 0. The van der Waals surface area contributed by atoms with Crippen LogP contribution in [0.3, 0.4) is 0 Å². The van der Waals surface area contributed by atoms with Gasteiger partial charge in [-0.1, -0.05) is 0 Å². The second-order valence-corrected chi connectivity index (χ2v) is 43.9. The van der Waals surface area contributed by atoms with E-state index >= 15 is 0 Å². The topological polar surface area (TPSA) is 18.5 Å². The van der Waals surface area contributed by atoms with Crippen molar-refractivity contribution in [1.29, 1.82) is 0 Å². The zero-order valence-electron chi connectivity index (χ0n) is 24.8. The van der Waals surface area contributed by atoms with Crippen molar-refractivity contribution in [2.75, 3.05) is 0 Å². The molecule has 2 nitrogen and oxygen atoms in total. The number of hydrogen-bond donors (Lipinski definition) is 0. The maximum atomic E-state index is 6.20. The number of halogens is 2. The van der Waals surface area contributed by atoms with Crippen LogP contribution in [0.2, 0.25) is 9.26 Å². The SMILES string of the molecule is CCC1=Cc2c(cccc2C2(C)CC=CO2)[CH]1[Zr]([CH3])([CH3])(=[SiH2])[CH]1C(CC)=Cc2c1cccc2C1(C)CC=CO1.Cl.Cl. The predicted molar refractivity (Wildman–Crippen MR) is 174 cm³/mol. The van der Waals surface area contributed by atoms with Gasteiger partial charge >= 0.3 is 233 Å². The average molecular weight is 675 g/mol. The van der Waals surface area contributed by atoms with E-state index < -0.39 is 17.4 Å². The number of fused-ring (bicyclic) bond motifs is 2. The summed E-state index contributed by atoms with van der Waals surface area (Å²) in [6.45, 7) is 11.7. The largest absolute Gasteiger partial charge is 0.147 e. The molecule has 40 heavy (non-hydrogen) atoms. The number of allylic oxidation sites excluding steroid dienone is 2. The van der Waals surface area contributed by atoms with Gasteiger partial charge in [0.25, 0.3) is 0 Å². The monoisotopic (exact) mass is 672 g/mol. The molecule has 4 aliphatic rings. The molecule has 6 heteroatoms. The van der Waals surface area contributed by atoms with Gasteiger partial charge < -0.3 is 0 Å². The molecule has 0 saturated heterocycles. The summed E-state index contributed by atoms with van der Waals surface area (Å²) >= 11 is -3.60. The zero-order chi connectivity index (χ0) is 26.9. The maximum absolute atomic E-state index is 6.20. The molecule has 0 saturated carbocycles. The fourth-order valence-corrected chi connectivity index (χ4v) is 28.4. The zero-order valence-corrected chi connectivity index (χ0v) is 30.3. The molecule has 0 fully saturated rings. The van der Waals surface area contributed by atoms with Gasteiger partial charge in [0.05, 0.1) is 0 Å². The van der Waals surface area contributed by atoms with Gasteiger partial charge in [0.1, 0.15) is 0 Å². The summed E-state index contributed by atoms with van der Waals surface area (Å²) < 4.78 is 19.0. The molecular weight excluding hydrogens is 631 g/mol. The third-order valence-electron chi connectivity index (χ3n) is 10.0. The Bertz CT molecular complexity index is 1400. The molecule has 0 aromatic heterocycles. The van der Waals surface area contributed by atoms with Gasteiger partial charge in [-0.05, 0) is 0 Å². The summed E-state index contributed by atoms with van der Waals surface area (Å²) in [5.41, 5.74) is 11.4. The van der Waals surface area contributed by atoms with Gasteiger partial charge in [-0.15, -0.1) is 24.8 Å². The van der Waals surface area contributed by atoms with E-state index in [-0.39, 0.29) is 36.0 Å². The van der Waals surface area contributed by atoms with E-state index in [1.165, 1.54) is 22.3 Å². The fourth-order valence-electron chi connectivity index (χ4n) is 8.26. The Balaban J connectivity index is 0.00000185. The Morgan fingerprint density at radius 2 is 1.15 bits per heavy atom. The molecule has 2 heterocycles. The molecule has 4 atom stereocenters. The van der Waals surface area contributed by atoms with Crippen LogP contribution >= 0.6 is 24.8 Å². The number of hydrogen-bond acceptors (Lipinski definition) is 2. The molecule has 2 aliphatic carbocycles. The maximum Gasteiger partial charge on any atom is -0.147 e. The van der Waals surface area contributed by atoms with Crippen LogP contribution in [-0.2, 0) is 38.1 Å². The van der Waals surface area contributed by atoms with Crippen LogP contribution in [0.15, 0.2) is 72.2 Å². The first-order chi connectivity index (χ1) is 18.0. The molecule has 0 bridgehead atoms. The van der Waals surface area contributed by atoms with E-state index in [1.54, 1.807) is 22.3 Å². The average Bonchev–Trinajstić information content (AvgIpc) is 3.67. The first-order valence-electron chi connectivity index (χ1n) is 14.4. The first kappa shape index (κ1) is 31.6. The van der Waals surface area contributed by atoms with Crippen molar-refractivity contribution in [1.82, 2.24) is 0 Å². The van der Waals surface area contributed by atoms with E-state index in [9.17, 15) is 0 Å². The van der Waals surface area contributed by atoms with Crippen LogP contribution in [-0.4, -0.2) is 6.88 Å². The minimum absolute atomic E-state index is 0. The summed E-state index contributed by atoms with van der Waals surface area (Å²) in [5, 5.41) is 0. The predicted octanol–water partition coefficient (Wildman–Crippen LogP) is 9.56. The molecule has 0 radical (unpaired) electrons. The van der Waals surface area contributed by atoms with Gasteiger partial charge in [0, 0.05) is 0 Å². The van der Waals surface area contributed by atoms with Crippen LogP contribution in [0.5, 0.6) is 0 Å². The van der Waals surface area contributed by atoms with Crippen molar-refractivity contribution in [3.63, 3.8) is 0 Å². The molecule has 0 spiro atoms. The van der Waals surface area contributed by atoms with Gasteiger partial charge in [-0.2, -0.15) is 0 Å². The Hall–Kier alpha value is -1.32. The van der Waals surface area contributed by atoms with E-state index in [4.69, 9.17) is 9.47 Å². The van der Waals surface area contributed by atoms with Crippen LogP contribution in [0.1, 0.15) is 94.0 Å². The summed E-state index contributed by atoms with van der Waals surface area (Å²) in [6.07, 6.45) is 17.3. The molecule has 0 N–H and O–H groups in total. The van der Waals surface area contributed by atoms with Gasteiger partial charge in [-0.25, -0.2) is 0 Å². The fraction of sp³-hybridized carbons (Fsp3) is 0.412. The van der Waals surface area contributed by atoms with E-state index in [0.29, 0.717) is 7.25 Å². The van der Waals surface area contributed by atoms with Crippen LogP contribution in [0.25, 0.3) is 12.2 Å². The van der Waals surface area contributed by atoms with Crippen molar-refractivity contribution in [2.45, 2.75) is 81.1 Å². The normalized spacial score (nSPS) is 28.1. The number of ether oxygens (including phenoxy) is 2. The molecule has 6 rings (SSSR count). The molecule has 4 unspecified atom stereocenters. The molecular formula is C34H44Cl2O2SiZr.